The van der Waals surface area contributed by atoms with E-state index in [2.05, 4.69) is 34.4 Å². The number of aromatic nitrogens is 1. The first-order chi connectivity index (χ1) is 8.36. The first-order valence-corrected chi connectivity index (χ1v) is 5.56. The molecule has 0 fully saturated rings. The van der Waals surface area contributed by atoms with Crippen molar-refractivity contribution in [1.29, 1.82) is 0 Å². The van der Waals surface area contributed by atoms with Crippen molar-refractivity contribution in [3.63, 3.8) is 0 Å². The van der Waals surface area contributed by atoms with Gasteiger partial charge in [0.1, 0.15) is 0 Å². The van der Waals surface area contributed by atoms with Gasteiger partial charge in [0.2, 0.25) is 0 Å². The Morgan fingerprint density at radius 2 is 2.24 bits per heavy atom. The highest BCUT2D eigenvalue weighted by Gasteiger charge is 2.15. The number of rotatable bonds is 1. The summed E-state index contributed by atoms with van der Waals surface area (Å²) >= 11 is 0. The van der Waals surface area contributed by atoms with Crippen LogP contribution < -0.4 is 5.32 Å². The molecule has 0 saturated heterocycles. The second kappa shape index (κ2) is 3.88. The normalized spacial score (nSPS) is 15.4. The number of hydrogen-bond donors (Lipinski definition) is 2. The molecule has 3 rings (SSSR count). The summed E-state index contributed by atoms with van der Waals surface area (Å²) in [6.45, 7) is 0.850. The first-order valence-electron chi connectivity index (χ1n) is 5.56. The van der Waals surface area contributed by atoms with Gasteiger partial charge in [0.05, 0.1) is 0 Å². The Bertz CT molecular complexity index is 613. The largest absolute Gasteiger partial charge is 0.380 e. The number of aromatic amines is 1. The molecule has 0 radical (unpaired) electrons. The Morgan fingerprint density at radius 3 is 3.00 bits per heavy atom. The van der Waals surface area contributed by atoms with Crippen molar-refractivity contribution in [2.24, 2.45) is 0 Å². The van der Waals surface area contributed by atoms with Crippen LogP contribution in [0.3, 0.4) is 0 Å². The molecule has 0 unspecified atom stereocenters. The summed E-state index contributed by atoms with van der Waals surface area (Å²) in [6.07, 6.45) is 9.51. The van der Waals surface area contributed by atoms with Gasteiger partial charge in [-0.25, -0.2) is 0 Å². The van der Waals surface area contributed by atoms with Gasteiger partial charge < -0.3 is 10.3 Å². The number of H-pyrrole nitrogens is 1. The predicted octanol–water partition coefficient (Wildman–Crippen LogP) is 2.96. The molecule has 2 nitrogen and oxygen atoms in total. The van der Waals surface area contributed by atoms with Crippen LogP contribution in [0.2, 0.25) is 0 Å². The molecule has 2 N–H and O–H groups in total. The van der Waals surface area contributed by atoms with Crippen LogP contribution in [0, 0.1) is 12.3 Å². The van der Waals surface area contributed by atoms with Crippen LogP contribution in [0.1, 0.15) is 16.8 Å². The maximum atomic E-state index is 5.43. The minimum atomic E-state index is 0.850. The summed E-state index contributed by atoms with van der Waals surface area (Å²) in [6, 6.07) is 10.1. The fourth-order valence-electron chi connectivity index (χ4n) is 2.09. The topological polar surface area (TPSA) is 27.8 Å². The van der Waals surface area contributed by atoms with Crippen LogP contribution in [0.4, 0.5) is 5.69 Å². The van der Waals surface area contributed by atoms with Gasteiger partial charge in [0.25, 0.3) is 0 Å². The Balaban J connectivity index is 2.06. The lowest BCUT2D eigenvalue weighted by molar-refractivity contribution is 1.37. The van der Waals surface area contributed by atoms with Crippen molar-refractivity contribution >= 4 is 17.3 Å². The number of terminal acetylenes is 1. The number of hydrogen-bond acceptors (Lipinski definition) is 1. The molecule has 0 atom stereocenters. The zero-order valence-electron chi connectivity index (χ0n) is 9.33. The summed E-state index contributed by atoms with van der Waals surface area (Å²) in [4.78, 5) is 3.18. The summed E-state index contributed by atoms with van der Waals surface area (Å²) < 4.78 is 0. The summed E-state index contributed by atoms with van der Waals surface area (Å²) in [7, 11) is 0. The van der Waals surface area contributed by atoms with E-state index >= 15 is 0 Å². The maximum Gasteiger partial charge on any atom is 0.0420 e. The number of anilines is 1. The van der Waals surface area contributed by atoms with Crippen LogP contribution in [0.15, 0.2) is 36.5 Å². The highest BCUT2D eigenvalue weighted by Crippen LogP contribution is 2.32. The average Bonchev–Trinajstić information content (AvgIpc) is 2.99. The maximum absolute atomic E-state index is 5.43. The zero-order chi connectivity index (χ0) is 11.7. The van der Waals surface area contributed by atoms with E-state index in [4.69, 9.17) is 6.42 Å². The molecule has 82 valence electrons. The van der Waals surface area contributed by atoms with Gasteiger partial charge in [0.15, 0.2) is 0 Å². The molecule has 0 spiro atoms. The van der Waals surface area contributed by atoms with Crippen molar-refractivity contribution in [3.8, 4) is 12.3 Å². The molecule has 1 aromatic heterocycles. The number of nitrogens with one attached hydrogen (secondary N) is 2. The molecule has 2 aromatic rings. The highest BCUT2D eigenvalue weighted by molar-refractivity contribution is 5.92. The van der Waals surface area contributed by atoms with Crippen molar-refractivity contribution in [2.75, 3.05) is 11.9 Å². The zero-order valence-corrected chi connectivity index (χ0v) is 9.33. The van der Waals surface area contributed by atoms with Gasteiger partial charge >= 0.3 is 0 Å². The van der Waals surface area contributed by atoms with Gasteiger partial charge in [-0.05, 0) is 42.0 Å². The molecule has 1 aliphatic heterocycles. The number of benzene rings is 1. The molecule has 0 amide bonds. The van der Waals surface area contributed by atoms with Crippen molar-refractivity contribution in [3.05, 3.63) is 53.3 Å². The van der Waals surface area contributed by atoms with Gasteiger partial charge in [-0.1, -0.05) is 5.92 Å². The van der Waals surface area contributed by atoms with Gasteiger partial charge in [0, 0.05) is 35.2 Å². The van der Waals surface area contributed by atoms with E-state index in [1.165, 1.54) is 11.1 Å². The fourth-order valence-corrected chi connectivity index (χ4v) is 2.09. The minimum absolute atomic E-state index is 0.850. The highest BCUT2D eigenvalue weighted by atomic mass is 14.9. The van der Waals surface area contributed by atoms with Gasteiger partial charge in [-0.3, -0.25) is 0 Å². The molecule has 1 aliphatic rings. The Labute approximate surface area is 100 Å². The SMILES string of the molecule is C#Cc1ccc2c(c1)/C(=C/c1ccc[nH]1)CN2. The van der Waals surface area contributed by atoms with E-state index in [0.717, 1.165) is 23.5 Å². The predicted molar refractivity (Wildman–Crippen MR) is 71.5 cm³/mol. The van der Waals surface area contributed by atoms with E-state index in [1.54, 1.807) is 0 Å². The molecule has 1 aromatic carbocycles. The second-order valence-electron chi connectivity index (χ2n) is 4.05. The lowest BCUT2D eigenvalue weighted by atomic mass is 10.0. The molecule has 0 bridgehead atoms. The second-order valence-corrected chi connectivity index (χ2v) is 4.05. The minimum Gasteiger partial charge on any atom is -0.380 e. The molecule has 0 saturated carbocycles. The third-order valence-electron chi connectivity index (χ3n) is 2.95. The van der Waals surface area contributed by atoms with E-state index in [9.17, 15) is 0 Å². The van der Waals surface area contributed by atoms with E-state index < -0.39 is 0 Å². The third-order valence-corrected chi connectivity index (χ3v) is 2.95. The van der Waals surface area contributed by atoms with Gasteiger partial charge in [-0.15, -0.1) is 6.42 Å². The van der Waals surface area contributed by atoms with Gasteiger partial charge in [-0.2, -0.15) is 0 Å². The van der Waals surface area contributed by atoms with Crippen LogP contribution in [-0.4, -0.2) is 11.5 Å². The summed E-state index contributed by atoms with van der Waals surface area (Å²) in [5.41, 5.74) is 5.65. The van der Waals surface area contributed by atoms with Crippen molar-refractivity contribution in [1.82, 2.24) is 4.98 Å². The number of fused-ring (bicyclic) bond motifs is 1. The first kappa shape index (κ1) is 9.80. The third kappa shape index (κ3) is 1.72. The van der Waals surface area contributed by atoms with Crippen LogP contribution >= 0.6 is 0 Å². The quantitative estimate of drug-likeness (QED) is 0.710. The van der Waals surface area contributed by atoms with Crippen LogP contribution in [0.25, 0.3) is 11.6 Å². The Kier molecular flexibility index (Phi) is 2.23. The van der Waals surface area contributed by atoms with E-state index in [1.807, 2.05) is 24.4 Å². The molecule has 17 heavy (non-hydrogen) atoms. The lowest BCUT2D eigenvalue weighted by Crippen LogP contribution is -1.91. The Hall–Kier alpha value is -2.40. The van der Waals surface area contributed by atoms with Crippen molar-refractivity contribution in [2.45, 2.75) is 0 Å². The lowest BCUT2D eigenvalue weighted by Gasteiger charge is -2.00. The molecule has 2 heterocycles. The Morgan fingerprint density at radius 1 is 1.29 bits per heavy atom. The molecular formula is C15H12N2. The molecule has 0 aliphatic carbocycles. The van der Waals surface area contributed by atoms with Crippen LogP contribution in [-0.2, 0) is 0 Å². The van der Waals surface area contributed by atoms with E-state index in [0.29, 0.717) is 0 Å². The standard InChI is InChI=1S/C15H12N2/c1-2-11-5-6-15-14(8-11)12(10-17-15)9-13-4-3-7-16-13/h1,3-9,16-17H,10H2/b12-9+. The van der Waals surface area contributed by atoms with E-state index in [-0.39, 0.29) is 0 Å². The van der Waals surface area contributed by atoms with Crippen molar-refractivity contribution < 1.29 is 0 Å². The fraction of sp³-hybridized carbons (Fsp3) is 0.0667. The van der Waals surface area contributed by atoms with Crippen LogP contribution in [0.5, 0.6) is 0 Å². The molecule has 2 heteroatoms. The molecular weight excluding hydrogens is 208 g/mol. The monoisotopic (exact) mass is 220 g/mol. The smallest absolute Gasteiger partial charge is 0.0420 e. The summed E-state index contributed by atoms with van der Waals surface area (Å²) in [5, 5.41) is 3.36. The average molecular weight is 220 g/mol. The summed E-state index contributed by atoms with van der Waals surface area (Å²) in [5.74, 6) is 2.67.